The maximum Gasteiger partial charge on any atom is 0.270 e. The number of aromatic nitrogens is 1. The third-order valence-electron chi connectivity index (χ3n) is 4.60. The number of amides is 1. The van der Waals surface area contributed by atoms with E-state index >= 15 is 0 Å². The second-order valence-corrected chi connectivity index (χ2v) is 6.27. The quantitative estimate of drug-likeness (QED) is 0.737. The highest BCUT2D eigenvalue weighted by Gasteiger charge is 2.24. The zero-order valence-electron chi connectivity index (χ0n) is 13.3. The van der Waals surface area contributed by atoms with Crippen LogP contribution in [0.1, 0.15) is 34.5 Å². The number of benzene rings is 1. The molecule has 23 heavy (non-hydrogen) atoms. The molecule has 0 bridgehead atoms. The van der Waals surface area contributed by atoms with Crippen LogP contribution in [0.25, 0.3) is 11.1 Å². The minimum atomic E-state index is 0.112. The average molecular weight is 308 g/mol. The van der Waals surface area contributed by atoms with Gasteiger partial charge in [0.2, 0.25) is 0 Å². The maximum atomic E-state index is 12.8. The first-order valence-corrected chi connectivity index (χ1v) is 8.14. The van der Waals surface area contributed by atoms with Crippen molar-refractivity contribution in [1.29, 1.82) is 0 Å². The zero-order chi connectivity index (χ0) is 15.8. The second kappa shape index (κ2) is 5.61. The van der Waals surface area contributed by atoms with Crippen molar-refractivity contribution in [3.05, 3.63) is 59.5 Å². The molecule has 4 nitrogen and oxygen atoms in total. The van der Waals surface area contributed by atoms with E-state index in [4.69, 9.17) is 4.42 Å². The molecule has 0 atom stereocenters. The zero-order valence-corrected chi connectivity index (χ0v) is 13.3. The third kappa shape index (κ3) is 2.54. The van der Waals surface area contributed by atoms with Crippen molar-refractivity contribution in [3.8, 4) is 0 Å². The van der Waals surface area contributed by atoms with Gasteiger partial charge in [-0.2, -0.15) is 0 Å². The van der Waals surface area contributed by atoms with E-state index in [0.717, 1.165) is 42.7 Å². The number of hydrogen-bond donors (Lipinski definition) is 0. The summed E-state index contributed by atoms with van der Waals surface area (Å²) >= 11 is 0. The van der Waals surface area contributed by atoms with Crippen LogP contribution in [-0.4, -0.2) is 28.5 Å². The van der Waals surface area contributed by atoms with E-state index in [1.165, 1.54) is 11.1 Å². The number of carbonyl (C=O) groups excluding carboxylic acids is 1. The summed E-state index contributed by atoms with van der Waals surface area (Å²) in [5.74, 6) is 0.112. The van der Waals surface area contributed by atoms with E-state index in [-0.39, 0.29) is 5.91 Å². The van der Waals surface area contributed by atoms with Crippen molar-refractivity contribution in [1.82, 2.24) is 9.47 Å². The lowest BCUT2D eigenvalue weighted by Gasteiger charge is -2.17. The third-order valence-corrected chi connectivity index (χ3v) is 4.60. The summed E-state index contributed by atoms with van der Waals surface area (Å²) in [4.78, 5) is 14.8. The van der Waals surface area contributed by atoms with Gasteiger partial charge < -0.3 is 13.9 Å². The lowest BCUT2D eigenvalue weighted by molar-refractivity contribution is 0.0783. The summed E-state index contributed by atoms with van der Waals surface area (Å²) in [6.45, 7) is 4.47. The fourth-order valence-corrected chi connectivity index (χ4v) is 3.28. The molecule has 1 aromatic carbocycles. The molecule has 4 rings (SSSR count). The van der Waals surface area contributed by atoms with Crippen molar-refractivity contribution >= 4 is 17.0 Å². The number of rotatable bonds is 3. The van der Waals surface area contributed by atoms with Crippen molar-refractivity contribution < 1.29 is 9.21 Å². The molecule has 1 amide bonds. The molecule has 4 heteroatoms. The first-order valence-electron chi connectivity index (χ1n) is 8.14. The predicted molar refractivity (Wildman–Crippen MR) is 89.6 cm³/mol. The van der Waals surface area contributed by atoms with Gasteiger partial charge in [-0.25, -0.2) is 0 Å². The Morgan fingerprint density at radius 2 is 1.87 bits per heavy atom. The predicted octanol–water partition coefficient (Wildman–Crippen LogP) is 3.83. The van der Waals surface area contributed by atoms with Crippen LogP contribution in [0.3, 0.4) is 0 Å². The number of carbonyl (C=O) groups is 1. The monoisotopic (exact) mass is 308 g/mol. The summed E-state index contributed by atoms with van der Waals surface area (Å²) in [6.07, 6.45) is 3.88. The molecule has 0 aliphatic carbocycles. The van der Waals surface area contributed by atoms with Crippen molar-refractivity contribution in [3.63, 3.8) is 0 Å². The first-order chi connectivity index (χ1) is 11.2. The van der Waals surface area contributed by atoms with Gasteiger partial charge in [-0.1, -0.05) is 29.8 Å². The van der Waals surface area contributed by atoms with Crippen LogP contribution in [0.4, 0.5) is 0 Å². The molecule has 1 aliphatic heterocycles. The van der Waals surface area contributed by atoms with Gasteiger partial charge in [-0.3, -0.25) is 4.79 Å². The van der Waals surface area contributed by atoms with Crippen LogP contribution in [0, 0.1) is 6.92 Å². The molecule has 0 radical (unpaired) electrons. The summed E-state index contributed by atoms with van der Waals surface area (Å²) < 4.78 is 7.59. The van der Waals surface area contributed by atoms with Gasteiger partial charge in [0, 0.05) is 31.8 Å². The number of likely N-dealkylation sites (tertiary alicyclic amines) is 1. The maximum absolute atomic E-state index is 12.8. The van der Waals surface area contributed by atoms with Crippen molar-refractivity contribution in [2.75, 3.05) is 13.1 Å². The van der Waals surface area contributed by atoms with E-state index in [1.54, 1.807) is 6.26 Å². The fourth-order valence-electron chi connectivity index (χ4n) is 3.28. The molecule has 0 saturated carbocycles. The molecule has 1 saturated heterocycles. The minimum absolute atomic E-state index is 0.112. The Morgan fingerprint density at radius 1 is 1.13 bits per heavy atom. The standard InChI is InChI=1S/C19H20N2O2/c1-14-4-6-15(7-5-14)13-21-16-8-11-23-18(16)12-17(21)19(22)20-9-2-3-10-20/h4-8,11-12H,2-3,9-10,13H2,1H3. The van der Waals surface area contributed by atoms with Gasteiger partial charge in [0.15, 0.2) is 5.58 Å². The average Bonchev–Trinajstić information content (AvgIpc) is 3.27. The molecular formula is C19H20N2O2. The van der Waals surface area contributed by atoms with Gasteiger partial charge >= 0.3 is 0 Å². The summed E-state index contributed by atoms with van der Waals surface area (Å²) in [6, 6.07) is 12.3. The normalized spacial score (nSPS) is 14.7. The van der Waals surface area contributed by atoms with Gasteiger partial charge in [-0.15, -0.1) is 0 Å². The Kier molecular flexibility index (Phi) is 3.45. The molecule has 0 unspecified atom stereocenters. The highest BCUT2D eigenvalue weighted by molar-refractivity contribution is 5.97. The molecule has 0 N–H and O–H groups in total. The molecule has 2 aromatic heterocycles. The van der Waals surface area contributed by atoms with Gasteiger partial charge in [0.1, 0.15) is 5.69 Å². The minimum Gasteiger partial charge on any atom is -0.463 e. The molecule has 3 aromatic rings. The van der Waals surface area contributed by atoms with Gasteiger partial charge in [0.05, 0.1) is 11.8 Å². The second-order valence-electron chi connectivity index (χ2n) is 6.27. The lowest BCUT2D eigenvalue weighted by atomic mass is 10.1. The van der Waals surface area contributed by atoms with Crippen LogP contribution in [0.5, 0.6) is 0 Å². The van der Waals surface area contributed by atoms with Crippen molar-refractivity contribution in [2.45, 2.75) is 26.3 Å². The molecular weight excluding hydrogens is 288 g/mol. The Labute approximate surface area is 135 Å². The Bertz CT molecular complexity index is 836. The smallest absolute Gasteiger partial charge is 0.270 e. The van der Waals surface area contributed by atoms with Crippen molar-refractivity contribution in [2.24, 2.45) is 0 Å². The van der Waals surface area contributed by atoms with Gasteiger partial charge in [-0.05, 0) is 25.3 Å². The lowest BCUT2D eigenvalue weighted by Crippen LogP contribution is -2.29. The van der Waals surface area contributed by atoms with Crippen LogP contribution >= 0.6 is 0 Å². The van der Waals surface area contributed by atoms with E-state index in [9.17, 15) is 4.79 Å². The van der Waals surface area contributed by atoms with Crippen LogP contribution < -0.4 is 0 Å². The Morgan fingerprint density at radius 3 is 2.61 bits per heavy atom. The molecule has 0 spiro atoms. The summed E-state index contributed by atoms with van der Waals surface area (Å²) in [7, 11) is 0. The van der Waals surface area contributed by atoms with Crippen LogP contribution in [0.15, 0.2) is 47.1 Å². The number of nitrogens with zero attached hydrogens (tertiary/aromatic N) is 2. The fraction of sp³-hybridized carbons (Fsp3) is 0.316. The summed E-state index contributed by atoms with van der Waals surface area (Å²) in [5, 5.41) is 0. The van der Waals surface area contributed by atoms with E-state index < -0.39 is 0 Å². The Hall–Kier alpha value is -2.49. The molecule has 1 fully saturated rings. The van der Waals surface area contributed by atoms with E-state index in [1.807, 2.05) is 17.0 Å². The topological polar surface area (TPSA) is 38.4 Å². The highest BCUT2D eigenvalue weighted by Crippen LogP contribution is 2.24. The molecule has 1 aliphatic rings. The largest absolute Gasteiger partial charge is 0.463 e. The molecule has 3 heterocycles. The Balaban J connectivity index is 1.73. The van der Waals surface area contributed by atoms with E-state index in [2.05, 4.69) is 35.8 Å². The number of hydrogen-bond acceptors (Lipinski definition) is 2. The number of furan rings is 1. The van der Waals surface area contributed by atoms with Gasteiger partial charge in [0.25, 0.3) is 5.91 Å². The number of fused-ring (bicyclic) bond motifs is 1. The molecule has 118 valence electrons. The van der Waals surface area contributed by atoms with E-state index in [0.29, 0.717) is 6.54 Å². The van der Waals surface area contributed by atoms with Crippen LogP contribution in [-0.2, 0) is 6.54 Å². The van der Waals surface area contributed by atoms with Crippen LogP contribution in [0.2, 0.25) is 0 Å². The number of aryl methyl sites for hydroxylation is 1. The highest BCUT2D eigenvalue weighted by atomic mass is 16.3. The SMILES string of the molecule is Cc1ccc(Cn2c(C(=O)N3CCCC3)cc3occc32)cc1. The summed E-state index contributed by atoms with van der Waals surface area (Å²) in [5.41, 5.74) is 4.91. The first kappa shape index (κ1) is 14.1.